The lowest BCUT2D eigenvalue weighted by Crippen LogP contribution is -2.30. The zero-order chi connectivity index (χ0) is 16.3. The van der Waals surface area contributed by atoms with E-state index in [0.717, 1.165) is 16.8 Å². The molecule has 1 aliphatic rings. The molecule has 118 valence electrons. The summed E-state index contributed by atoms with van der Waals surface area (Å²) in [6.45, 7) is 15.4. The molecule has 1 atom stereocenters. The van der Waals surface area contributed by atoms with Gasteiger partial charge in [-0.2, -0.15) is 0 Å². The summed E-state index contributed by atoms with van der Waals surface area (Å²) in [5.41, 5.74) is 3.61. The normalized spacial score (nSPS) is 17.8. The van der Waals surface area contributed by atoms with E-state index >= 15 is 0 Å². The fourth-order valence-corrected chi connectivity index (χ4v) is 8.07. The van der Waals surface area contributed by atoms with Crippen molar-refractivity contribution in [3.8, 4) is 0 Å². The molecule has 1 amide bonds. The fraction of sp³-hybridized carbons (Fsp3) is 0.556. The number of nitrogens with one attached hydrogen (secondary N) is 1. The number of carbonyl (C=O) groups is 1. The third-order valence-corrected chi connectivity index (χ3v) is 10.7. The van der Waals surface area contributed by atoms with Crippen molar-refractivity contribution in [1.29, 1.82) is 0 Å². The number of anilines is 1. The molecule has 1 aliphatic heterocycles. The second-order valence-corrected chi connectivity index (χ2v) is 11.2. The Morgan fingerprint density at radius 2 is 1.86 bits per heavy atom. The molecule has 0 aliphatic carbocycles. The van der Waals surface area contributed by atoms with Crippen molar-refractivity contribution < 1.29 is 4.79 Å². The number of rotatable bonds is 4. The third kappa shape index (κ3) is 3.18. The second kappa shape index (κ2) is 6.80. The van der Waals surface area contributed by atoms with E-state index < -0.39 is 7.26 Å². The van der Waals surface area contributed by atoms with Crippen LogP contribution in [0, 0.1) is 20.4 Å². The molecule has 1 fully saturated rings. The van der Waals surface area contributed by atoms with E-state index in [1.807, 2.05) is 26.0 Å². The molecule has 1 N–H and O–H groups in total. The van der Waals surface area contributed by atoms with Gasteiger partial charge >= 0.3 is 0 Å². The molecular formula is C18H26N2OP+. The maximum Gasteiger partial charge on any atom is 0.264 e. The number of carbonyl (C=O) groups excluding carboxylic acids is 1. The van der Waals surface area contributed by atoms with Crippen LogP contribution in [0.4, 0.5) is 11.4 Å². The highest BCUT2D eigenvalue weighted by Gasteiger charge is 2.47. The van der Waals surface area contributed by atoms with Gasteiger partial charge in [0.05, 0.1) is 25.1 Å². The number of aryl methyl sites for hydroxylation is 2. The summed E-state index contributed by atoms with van der Waals surface area (Å²) in [6.07, 6.45) is 6.30. The van der Waals surface area contributed by atoms with Gasteiger partial charge in [-0.05, 0) is 51.7 Å². The maximum atomic E-state index is 12.8. The summed E-state index contributed by atoms with van der Waals surface area (Å²) in [6, 6.07) is 3.70. The molecule has 1 aromatic rings. The van der Waals surface area contributed by atoms with Gasteiger partial charge in [0.15, 0.2) is 5.69 Å². The van der Waals surface area contributed by atoms with Crippen LogP contribution in [0.25, 0.3) is 4.85 Å². The van der Waals surface area contributed by atoms with Crippen LogP contribution in [0.3, 0.4) is 0 Å². The third-order valence-electron chi connectivity index (χ3n) is 5.18. The Morgan fingerprint density at radius 3 is 2.32 bits per heavy atom. The van der Waals surface area contributed by atoms with Gasteiger partial charge in [0.2, 0.25) is 0 Å². The van der Waals surface area contributed by atoms with Crippen molar-refractivity contribution >= 4 is 24.5 Å². The van der Waals surface area contributed by atoms with E-state index in [1.165, 1.54) is 31.3 Å². The minimum absolute atomic E-state index is 0.138. The first-order chi connectivity index (χ1) is 10.4. The molecule has 1 heterocycles. The molecule has 3 nitrogen and oxygen atoms in total. The summed E-state index contributed by atoms with van der Waals surface area (Å²) in [7, 11) is -1.12. The van der Waals surface area contributed by atoms with Gasteiger partial charge < -0.3 is 5.32 Å². The van der Waals surface area contributed by atoms with Gasteiger partial charge in [-0.15, -0.1) is 0 Å². The molecule has 22 heavy (non-hydrogen) atoms. The molecular weight excluding hydrogens is 291 g/mol. The zero-order valence-electron chi connectivity index (χ0n) is 14.1. The summed E-state index contributed by atoms with van der Waals surface area (Å²) in [4.78, 5) is 16.3. The molecule has 1 aromatic carbocycles. The van der Waals surface area contributed by atoms with Gasteiger partial charge in [-0.1, -0.05) is 12.1 Å². The Balaban J connectivity index is 2.20. The molecule has 0 saturated carbocycles. The fourth-order valence-electron chi connectivity index (χ4n) is 3.62. The predicted octanol–water partition coefficient (Wildman–Crippen LogP) is 5.01. The Morgan fingerprint density at radius 1 is 1.32 bits per heavy atom. The molecule has 0 radical (unpaired) electrons. The van der Waals surface area contributed by atoms with Crippen molar-refractivity contribution in [3.05, 3.63) is 34.7 Å². The van der Waals surface area contributed by atoms with Gasteiger partial charge in [0.25, 0.3) is 5.91 Å². The summed E-state index contributed by atoms with van der Waals surface area (Å²) < 4.78 is 0. The standard InChI is InChI=1S/C18H25N2OP/c1-6-22(9-7-8-10-22)15(4)18(21)20-17-13(2)11-16(19-5)12-14(17)3/h11-12,15H,6-10H2,1-4H3/p+1. The first-order valence-electron chi connectivity index (χ1n) is 8.09. The van der Waals surface area contributed by atoms with Gasteiger partial charge in [-0.3, -0.25) is 4.79 Å². The molecule has 0 aromatic heterocycles. The van der Waals surface area contributed by atoms with Gasteiger partial charge in [-0.25, -0.2) is 4.85 Å². The molecule has 4 heteroatoms. The van der Waals surface area contributed by atoms with Crippen LogP contribution < -0.4 is 5.32 Å². The highest BCUT2D eigenvalue weighted by Crippen LogP contribution is 2.67. The van der Waals surface area contributed by atoms with Crippen molar-refractivity contribution in [3.63, 3.8) is 0 Å². The highest BCUT2D eigenvalue weighted by atomic mass is 31.2. The highest BCUT2D eigenvalue weighted by molar-refractivity contribution is 7.77. The lowest BCUT2D eigenvalue weighted by Gasteiger charge is -2.27. The number of benzene rings is 1. The lowest BCUT2D eigenvalue weighted by atomic mass is 10.1. The van der Waals surface area contributed by atoms with Crippen LogP contribution in [0.2, 0.25) is 0 Å². The Hall–Kier alpha value is -1.39. The van der Waals surface area contributed by atoms with Crippen LogP contribution >= 0.6 is 7.26 Å². The van der Waals surface area contributed by atoms with E-state index in [1.54, 1.807) is 0 Å². The Labute approximate surface area is 134 Å². The molecule has 1 unspecified atom stereocenters. The SMILES string of the molecule is [C-]#[N+]c1cc(C)c(NC(=O)C(C)[P+]2(CC)CCCC2)c(C)c1. The number of nitrogens with zero attached hydrogens (tertiary/aromatic N) is 1. The van der Waals surface area contributed by atoms with Crippen molar-refractivity contribution in [1.82, 2.24) is 0 Å². The monoisotopic (exact) mass is 317 g/mol. The first-order valence-corrected chi connectivity index (χ1v) is 10.5. The minimum Gasteiger partial charge on any atom is -0.322 e. The first kappa shape index (κ1) is 17.0. The quantitative estimate of drug-likeness (QED) is 0.614. The van der Waals surface area contributed by atoms with E-state index in [2.05, 4.69) is 24.0 Å². The molecule has 2 rings (SSSR count). The van der Waals surface area contributed by atoms with E-state index in [9.17, 15) is 4.79 Å². The average Bonchev–Trinajstić information content (AvgIpc) is 2.99. The second-order valence-electron chi connectivity index (χ2n) is 6.42. The van der Waals surface area contributed by atoms with E-state index in [4.69, 9.17) is 6.57 Å². The lowest BCUT2D eigenvalue weighted by molar-refractivity contribution is -0.115. The van der Waals surface area contributed by atoms with Gasteiger partial charge in [0, 0.05) is 12.9 Å². The number of hydrogen-bond donors (Lipinski definition) is 1. The Kier molecular flexibility index (Phi) is 5.24. The average molecular weight is 317 g/mol. The van der Waals surface area contributed by atoms with Crippen LogP contribution in [0.15, 0.2) is 12.1 Å². The zero-order valence-corrected chi connectivity index (χ0v) is 15.0. The Bertz CT molecular complexity index is 589. The largest absolute Gasteiger partial charge is 0.322 e. The predicted molar refractivity (Wildman–Crippen MR) is 96.7 cm³/mol. The minimum atomic E-state index is -1.12. The summed E-state index contributed by atoms with van der Waals surface area (Å²) in [5, 5.41) is 3.15. The smallest absolute Gasteiger partial charge is 0.264 e. The van der Waals surface area contributed by atoms with Crippen LogP contribution in [-0.2, 0) is 4.79 Å². The molecule has 1 saturated heterocycles. The van der Waals surface area contributed by atoms with Crippen LogP contribution in [0.1, 0.15) is 37.8 Å². The number of amides is 1. The molecule has 0 spiro atoms. The molecule has 0 bridgehead atoms. The van der Waals surface area contributed by atoms with Crippen molar-refractivity contribution in [2.24, 2.45) is 0 Å². The van der Waals surface area contributed by atoms with E-state index in [-0.39, 0.29) is 11.6 Å². The van der Waals surface area contributed by atoms with E-state index in [0.29, 0.717) is 5.69 Å². The van der Waals surface area contributed by atoms with Crippen molar-refractivity contribution in [2.75, 3.05) is 23.8 Å². The topological polar surface area (TPSA) is 33.5 Å². The van der Waals surface area contributed by atoms with Gasteiger partial charge in [0.1, 0.15) is 5.66 Å². The van der Waals surface area contributed by atoms with Crippen LogP contribution in [-0.4, -0.2) is 30.1 Å². The summed E-state index contributed by atoms with van der Waals surface area (Å²) >= 11 is 0. The van der Waals surface area contributed by atoms with Crippen molar-refractivity contribution in [2.45, 2.75) is 46.2 Å². The number of hydrogen-bond acceptors (Lipinski definition) is 1. The van der Waals surface area contributed by atoms with Crippen LogP contribution in [0.5, 0.6) is 0 Å². The summed E-state index contributed by atoms with van der Waals surface area (Å²) in [5.74, 6) is 0.166. The maximum absolute atomic E-state index is 12.8.